The average Bonchev–Trinajstić information content (AvgIpc) is 2.74. The van der Waals surface area contributed by atoms with Gasteiger partial charge in [-0.05, 0) is 55.5 Å². The third kappa shape index (κ3) is 4.54. The van der Waals surface area contributed by atoms with Gasteiger partial charge in [0, 0.05) is 24.6 Å². The average molecular weight is 375 g/mol. The summed E-state index contributed by atoms with van der Waals surface area (Å²) in [6.07, 6.45) is 1.54. The zero-order valence-electron chi connectivity index (χ0n) is 15.8. The lowest BCUT2D eigenvalue weighted by atomic mass is 10.2. The van der Waals surface area contributed by atoms with Gasteiger partial charge in [-0.2, -0.15) is 0 Å². The molecule has 0 fully saturated rings. The Bertz CT molecular complexity index is 939. The molecule has 0 atom stereocenters. The highest BCUT2D eigenvalue weighted by Gasteiger charge is 2.11. The van der Waals surface area contributed by atoms with Crippen molar-refractivity contribution < 1.29 is 14.3 Å². The fraction of sp³-hybridized carbons (Fsp3) is 0.136. The van der Waals surface area contributed by atoms with Crippen LogP contribution in [0, 0.1) is 0 Å². The summed E-state index contributed by atoms with van der Waals surface area (Å²) < 4.78 is 4.94. The summed E-state index contributed by atoms with van der Waals surface area (Å²) in [5.41, 5.74) is 2.48. The molecule has 0 aliphatic heterocycles. The van der Waals surface area contributed by atoms with Gasteiger partial charge < -0.3 is 15.0 Å². The van der Waals surface area contributed by atoms with E-state index in [-0.39, 0.29) is 11.9 Å². The van der Waals surface area contributed by atoms with E-state index >= 15 is 0 Å². The molecule has 1 aromatic heterocycles. The van der Waals surface area contributed by atoms with Gasteiger partial charge in [0.2, 0.25) is 0 Å². The van der Waals surface area contributed by atoms with Crippen molar-refractivity contribution >= 4 is 29.1 Å². The second-order valence-electron chi connectivity index (χ2n) is 6.05. The molecule has 0 saturated heterocycles. The number of hydrogen-bond acceptors (Lipinski definition) is 5. The van der Waals surface area contributed by atoms with Crippen LogP contribution in [0.25, 0.3) is 0 Å². The number of hydrogen-bond donors (Lipinski definition) is 1. The minimum Gasteiger partial charge on any atom is -0.462 e. The predicted octanol–water partition coefficient (Wildman–Crippen LogP) is 4.28. The van der Waals surface area contributed by atoms with Gasteiger partial charge in [0.15, 0.2) is 0 Å². The van der Waals surface area contributed by atoms with Crippen LogP contribution >= 0.6 is 0 Å². The Kier molecular flexibility index (Phi) is 6.01. The van der Waals surface area contributed by atoms with E-state index in [2.05, 4.69) is 10.3 Å². The first-order valence-electron chi connectivity index (χ1n) is 8.92. The van der Waals surface area contributed by atoms with E-state index in [1.54, 1.807) is 43.3 Å². The first-order chi connectivity index (χ1) is 13.6. The molecule has 0 bridgehead atoms. The Morgan fingerprint density at radius 1 is 0.964 bits per heavy atom. The number of ether oxygens (including phenoxy) is 1. The largest absolute Gasteiger partial charge is 0.462 e. The van der Waals surface area contributed by atoms with Crippen LogP contribution in [0.15, 0.2) is 72.9 Å². The van der Waals surface area contributed by atoms with Gasteiger partial charge in [0.1, 0.15) is 5.82 Å². The van der Waals surface area contributed by atoms with Crippen molar-refractivity contribution in [2.45, 2.75) is 6.92 Å². The molecule has 0 saturated carbocycles. The topological polar surface area (TPSA) is 71.5 Å². The SMILES string of the molecule is CCOC(=O)c1ccc(NC(=O)c2ccc(N(C)c3ccccc3)nc2)cc1. The molecular formula is C22H21N3O3. The van der Waals surface area contributed by atoms with Crippen molar-refractivity contribution in [2.75, 3.05) is 23.9 Å². The molecule has 0 spiro atoms. The van der Waals surface area contributed by atoms with Gasteiger partial charge in [0.25, 0.3) is 5.91 Å². The first kappa shape index (κ1) is 19.1. The number of aromatic nitrogens is 1. The molecule has 0 radical (unpaired) electrons. The molecule has 0 aliphatic rings. The molecule has 6 heteroatoms. The Labute approximate surface area is 163 Å². The monoisotopic (exact) mass is 375 g/mol. The number of pyridine rings is 1. The standard InChI is InChI=1S/C22H21N3O3/c1-3-28-22(27)16-9-12-18(13-10-16)24-21(26)17-11-14-20(23-15-17)25(2)19-7-5-4-6-8-19/h4-15H,3H2,1-2H3,(H,24,26). The molecular weight excluding hydrogens is 354 g/mol. The van der Waals surface area contributed by atoms with Crippen molar-refractivity contribution in [3.8, 4) is 0 Å². The van der Waals surface area contributed by atoms with Gasteiger partial charge >= 0.3 is 5.97 Å². The number of amides is 1. The second-order valence-corrected chi connectivity index (χ2v) is 6.05. The molecule has 0 unspecified atom stereocenters. The Hall–Kier alpha value is -3.67. The van der Waals surface area contributed by atoms with Gasteiger partial charge in [-0.1, -0.05) is 18.2 Å². The third-order valence-corrected chi connectivity index (χ3v) is 4.15. The van der Waals surface area contributed by atoms with Crippen LogP contribution < -0.4 is 10.2 Å². The fourth-order valence-electron chi connectivity index (χ4n) is 2.61. The van der Waals surface area contributed by atoms with Crippen LogP contribution in [0.2, 0.25) is 0 Å². The highest BCUT2D eigenvalue weighted by atomic mass is 16.5. The van der Waals surface area contributed by atoms with Gasteiger partial charge in [0.05, 0.1) is 17.7 Å². The van der Waals surface area contributed by atoms with Crippen molar-refractivity contribution in [3.63, 3.8) is 0 Å². The molecule has 2 aromatic carbocycles. The molecule has 1 N–H and O–H groups in total. The number of carbonyl (C=O) groups excluding carboxylic acids is 2. The van der Waals surface area contributed by atoms with E-state index in [0.29, 0.717) is 23.4 Å². The summed E-state index contributed by atoms with van der Waals surface area (Å²) in [7, 11) is 1.92. The van der Waals surface area contributed by atoms with E-state index in [9.17, 15) is 9.59 Å². The number of benzene rings is 2. The number of para-hydroxylation sites is 1. The number of nitrogens with one attached hydrogen (secondary N) is 1. The number of carbonyl (C=O) groups is 2. The van der Waals surface area contributed by atoms with Gasteiger partial charge in [-0.3, -0.25) is 4.79 Å². The van der Waals surface area contributed by atoms with Crippen LogP contribution in [-0.4, -0.2) is 30.5 Å². The predicted molar refractivity (Wildman–Crippen MR) is 109 cm³/mol. The number of anilines is 3. The van der Waals surface area contributed by atoms with Crippen LogP contribution in [0.1, 0.15) is 27.6 Å². The minimum absolute atomic E-state index is 0.273. The lowest BCUT2D eigenvalue weighted by Gasteiger charge is -2.18. The molecule has 0 aliphatic carbocycles. The van der Waals surface area contributed by atoms with Crippen molar-refractivity contribution in [2.24, 2.45) is 0 Å². The minimum atomic E-state index is -0.386. The Morgan fingerprint density at radius 3 is 2.25 bits per heavy atom. The van der Waals surface area contributed by atoms with Gasteiger partial charge in [-0.25, -0.2) is 9.78 Å². The maximum absolute atomic E-state index is 12.4. The molecule has 1 heterocycles. The summed E-state index contributed by atoms with van der Waals surface area (Å²) in [6.45, 7) is 2.07. The normalized spacial score (nSPS) is 10.2. The molecule has 142 valence electrons. The maximum atomic E-state index is 12.4. The van der Waals surface area contributed by atoms with E-state index in [1.807, 2.05) is 42.3 Å². The number of rotatable bonds is 6. The summed E-state index contributed by atoms with van der Waals surface area (Å²) in [5.74, 6) is 0.0783. The van der Waals surface area contributed by atoms with Crippen molar-refractivity contribution in [1.29, 1.82) is 0 Å². The quantitative estimate of drug-likeness (QED) is 0.651. The third-order valence-electron chi connectivity index (χ3n) is 4.15. The number of nitrogens with zero attached hydrogens (tertiary/aromatic N) is 2. The summed E-state index contributed by atoms with van der Waals surface area (Å²) in [5, 5.41) is 2.79. The summed E-state index contributed by atoms with van der Waals surface area (Å²) >= 11 is 0. The first-order valence-corrected chi connectivity index (χ1v) is 8.92. The van der Waals surface area contributed by atoms with Crippen LogP contribution in [0.3, 0.4) is 0 Å². The zero-order valence-corrected chi connectivity index (χ0v) is 15.8. The van der Waals surface area contributed by atoms with E-state index < -0.39 is 0 Å². The lowest BCUT2D eigenvalue weighted by Crippen LogP contribution is -2.14. The van der Waals surface area contributed by atoms with Crippen LogP contribution in [0.5, 0.6) is 0 Å². The molecule has 1 amide bonds. The highest BCUT2D eigenvalue weighted by molar-refractivity contribution is 6.04. The smallest absolute Gasteiger partial charge is 0.338 e. The molecule has 3 rings (SSSR count). The second kappa shape index (κ2) is 8.81. The Morgan fingerprint density at radius 2 is 1.64 bits per heavy atom. The Balaban J connectivity index is 1.65. The number of esters is 1. The zero-order chi connectivity index (χ0) is 19.9. The van der Waals surface area contributed by atoms with E-state index in [4.69, 9.17) is 4.74 Å². The maximum Gasteiger partial charge on any atom is 0.338 e. The van der Waals surface area contributed by atoms with E-state index in [1.165, 1.54) is 6.20 Å². The molecule has 28 heavy (non-hydrogen) atoms. The van der Waals surface area contributed by atoms with Crippen molar-refractivity contribution in [3.05, 3.63) is 84.1 Å². The fourth-order valence-corrected chi connectivity index (χ4v) is 2.61. The van der Waals surface area contributed by atoms with E-state index in [0.717, 1.165) is 11.5 Å². The van der Waals surface area contributed by atoms with Crippen LogP contribution in [-0.2, 0) is 4.74 Å². The highest BCUT2D eigenvalue weighted by Crippen LogP contribution is 2.21. The molecule has 3 aromatic rings. The van der Waals surface area contributed by atoms with Crippen LogP contribution in [0.4, 0.5) is 17.2 Å². The van der Waals surface area contributed by atoms with Gasteiger partial charge in [-0.15, -0.1) is 0 Å². The summed E-state index contributed by atoms with van der Waals surface area (Å²) in [4.78, 5) is 30.4. The lowest BCUT2D eigenvalue weighted by molar-refractivity contribution is 0.0526. The summed E-state index contributed by atoms with van der Waals surface area (Å²) in [6, 6.07) is 19.9. The molecule has 6 nitrogen and oxygen atoms in total. The van der Waals surface area contributed by atoms with Crippen molar-refractivity contribution in [1.82, 2.24) is 4.98 Å².